The van der Waals surface area contributed by atoms with Gasteiger partial charge in [-0.25, -0.2) is 13.2 Å². The van der Waals surface area contributed by atoms with Gasteiger partial charge in [0.25, 0.3) is 0 Å². The number of rotatable bonds is 1. The lowest BCUT2D eigenvalue weighted by Crippen LogP contribution is -2.54. The van der Waals surface area contributed by atoms with Gasteiger partial charge in [0.05, 0.1) is 11.1 Å². The summed E-state index contributed by atoms with van der Waals surface area (Å²) < 4.78 is 44.8. The molecule has 2 heterocycles. The van der Waals surface area contributed by atoms with Gasteiger partial charge >= 0.3 is 0 Å². The summed E-state index contributed by atoms with van der Waals surface area (Å²) in [6.45, 7) is 1.91. The van der Waals surface area contributed by atoms with Gasteiger partial charge in [0.2, 0.25) is 0 Å². The highest BCUT2D eigenvalue weighted by Crippen LogP contribution is 2.59. The first kappa shape index (κ1) is 11.0. The number of fused-ring (bicyclic) bond motifs is 1. The van der Waals surface area contributed by atoms with Crippen LogP contribution in [0.5, 0.6) is 0 Å². The topological polar surface area (TPSA) is 35.2 Å². The van der Waals surface area contributed by atoms with Crippen LogP contribution >= 0.6 is 0 Å². The zero-order valence-electron chi connectivity index (χ0n) is 9.27. The Hall–Kier alpha value is -1.07. The fourth-order valence-corrected chi connectivity index (χ4v) is 3.14. The average Bonchev–Trinajstić information content (AvgIpc) is 2.59. The van der Waals surface area contributed by atoms with Gasteiger partial charge in [-0.2, -0.15) is 0 Å². The van der Waals surface area contributed by atoms with Crippen LogP contribution in [0, 0.1) is 17.5 Å². The smallest absolute Gasteiger partial charge is 0.194 e. The molecule has 0 spiro atoms. The molecule has 3 fully saturated rings. The molecule has 2 saturated heterocycles. The largest absolute Gasteiger partial charge is 0.365 e. The standard InChI is InChI=1S/C12H12F3NO/c1-11-4-12(16,5-11)10(17-11)6-2-7(13)9(15)8(14)3-6/h2-3,10H,4-5,16H2,1H3. The fourth-order valence-electron chi connectivity index (χ4n) is 3.14. The minimum Gasteiger partial charge on any atom is -0.365 e. The molecule has 0 amide bonds. The van der Waals surface area contributed by atoms with Crippen molar-refractivity contribution in [2.75, 3.05) is 0 Å². The van der Waals surface area contributed by atoms with Crippen LogP contribution in [0.25, 0.3) is 0 Å². The number of hydrogen-bond donors (Lipinski definition) is 1. The summed E-state index contributed by atoms with van der Waals surface area (Å²) >= 11 is 0. The number of halogens is 3. The van der Waals surface area contributed by atoms with E-state index in [1.807, 2.05) is 6.92 Å². The zero-order valence-corrected chi connectivity index (χ0v) is 9.27. The van der Waals surface area contributed by atoms with E-state index in [9.17, 15) is 13.2 Å². The van der Waals surface area contributed by atoms with Gasteiger partial charge in [-0.1, -0.05) is 0 Å². The lowest BCUT2D eigenvalue weighted by molar-refractivity contribution is -0.00914. The van der Waals surface area contributed by atoms with E-state index in [-0.39, 0.29) is 11.2 Å². The van der Waals surface area contributed by atoms with Crippen LogP contribution in [-0.4, -0.2) is 11.1 Å². The number of hydrogen-bond acceptors (Lipinski definition) is 2. The second-order valence-corrected chi connectivity index (χ2v) is 5.33. The van der Waals surface area contributed by atoms with E-state index in [4.69, 9.17) is 10.5 Å². The maximum Gasteiger partial charge on any atom is 0.194 e. The molecule has 1 atom stereocenters. The van der Waals surface area contributed by atoms with Crippen LogP contribution in [0.1, 0.15) is 31.4 Å². The lowest BCUT2D eigenvalue weighted by Gasteiger charge is -2.40. The van der Waals surface area contributed by atoms with E-state index >= 15 is 0 Å². The Kier molecular flexibility index (Phi) is 1.97. The molecular formula is C12H12F3NO. The van der Waals surface area contributed by atoms with Crippen molar-refractivity contribution in [1.29, 1.82) is 0 Å². The minimum absolute atomic E-state index is 0.269. The third kappa shape index (κ3) is 1.42. The Morgan fingerprint density at radius 2 is 1.76 bits per heavy atom. The molecule has 5 heteroatoms. The third-order valence-electron chi connectivity index (χ3n) is 3.64. The van der Waals surface area contributed by atoms with Gasteiger partial charge < -0.3 is 10.5 Å². The predicted molar refractivity (Wildman–Crippen MR) is 54.7 cm³/mol. The molecule has 0 aromatic heterocycles. The second kappa shape index (κ2) is 3.03. The second-order valence-electron chi connectivity index (χ2n) is 5.33. The number of nitrogens with two attached hydrogens (primary N) is 1. The molecule has 1 aromatic carbocycles. The van der Waals surface area contributed by atoms with E-state index in [1.165, 1.54) is 0 Å². The van der Waals surface area contributed by atoms with Gasteiger partial charge in [-0.05, 0) is 37.5 Å². The minimum atomic E-state index is -1.46. The van der Waals surface area contributed by atoms with Crippen molar-refractivity contribution in [3.63, 3.8) is 0 Å². The first-order chi connectivity index (χ1) is 7.83. The highest BCUT2D eigenvalue weighted by Gasteiger charge is 2.64. The third-order valence-corrected chi connectivity index (χ3v) is 3.64. The van der Waals surface area contributed by atoms with E-state index < -0.39 is 29.1 Å². The number of ether oxygens (including phenoxy) is 1. The van der Waals surface area contributed by atoms with Crippen molar-refractivity contribution in [1.82, 2.24) is 0 Å². The molecule has 1 saturated carbocycles. The molecule has 0 radical (unpaired) electrons. The van der Waals surface area contributed by atoms with Crippen LogP contribution < -0.4 is 5.73 Å². The molecule has 4 rings (SSSR count). The zero-order chi connectivity index (χ0) is 12.4. The first-order valence-electron chi connectivity index (χ1n) is 5.44. The maximum absolute atomic E-state index is 13.1. The Balaban J connectivity index is 2.01. The first-order valence-corrected chi connectivity index (χ1v) is 5.44. The van der Waals surface area contributed by atoms with Gasteiger partial charge in [0, 0.05) is 0 Å². The summed E-state index contributed by atoms with van der Waals surface area (Å²) in [7, 11) is 0. The van der Waals surface area contributed by atoms with Crippen molar-refractivity contribution in [2.24, 2.45) is 5.73 Å². The van der Waals surface area contributed by atoms with Crippen LogP contribution in [-0.2, 0) is 4.74 Å². The van der Waals surface area contributed by atoms with Crippen molar-refractivity contribution >= 4 is 0 Å². The molecule has 1 unspecified atom stereocenters. The molecule has 92 valence electrons. The summed E-state index contributed by atoms with van der Waals surface area (Å²) in [6, 6.07) is 1.92. The van der Waals surface area contributed by atoms with Gasteiger partial charge in [0.15, 0.2) is 17.5 Å². The summed E-state index contributed by atoms with van der Waals surface area (Å²) in [5, 5.41) is 0. The Labute approximate surface area is 96.6 Å². The Morgan fingerprint density at radius 3 is 2.18 bits per heavy atom. The van der Waals surface area contributed by atoms with Crippen LogP contribution in [0.2, 0.25) is 0 Å². The molecule has 1 aliphatic carbocycles. The summed E-state index contributed by atoms with van der Waals surface area (Å²) in [6.07, 6.45) is 0.758. The molecule has 1 aromatic rings. The highest BCUT2D eigenvalue weighted by atomic mass is 19.2. The molecule has 2 N–H and O–H groups in total. The van der Waals surface area contributed by atoms with E-state index in [1.54, 1.807) is 0 Å². The van der Waals surface area contributed by atoms with Crippen molar-refractivity contribution in [3.8, 4) is 0 Å². The van der Waals surface area contributed by atoms with Crippen molar-refractivity contribution in [3.05, 3.63) is 35.1 Å². The summed E-state index contributed by atoms with van der Waals surface area (Å²) in [5.74, 6) is -3.88. The summed E-state index contributed by atoms with van der Waals surface area (Å²) in [5.41, 5.74) is 5.47. The Bertz CT molecular complexity index is 474. The van der Waals surface area contributed by atoms with E-state index in [0.717, 1.165) is 12.1 Å². The van der Waals surface area contributed by atoms with Gasteiger partial charge in [-0.15, -0.1) is 0 Å². The van der Waals surface area contributed by atoms with Gasteiger partial charge in [-0.3, -0.25) is 0 Å². The summed E-state index contributed by atoms with van der Waals surface area (Å²) in [4.78, 5) is 0. The van der Waals surface area contributed by atoms with Gasteiger partial charge in [0.1, 0.15) is 6.10 Å². The average molecular weight is 243 g/mol. The Morgan fingerprint density at radius 1 is 1.24 bits per heavy atom. The lowest BCUT2D eigenvalue weighted by atomic mass is 9.67. The molecule has 3 aliphatic rings. The number of benzene rings is 1. The van der Waals surface area contributed by atoms with Crippen molar-refractivity contribution < 1.29 is 17.9 Å². The molecular weight excluding hydrogens is 231 g/mol. The fraction of sp³-hybridized carbons (Fsp3) is 0.500. The van der Waals surface area contributed by atoms with Crippen LogP contribution in [0.4, 0.5) is 13.2 Å². The quantitative estimate of drug-likeness (QED) is 0.769. The van der Waals surface area contributed by atoms with E-state index in [0.29, 0.717) is 12.8 Å². The monoisotopic (exact) mass is 243 g/mol. The predicted octanol–water partition coefficient (Wildman–Crippen LogP) is 2.43. The normalized spacial score (nSPS) is 39.2. The van der Waals surface area contributed by atoms with Crippen LogP contribution in [0.3, 0.4) is 0 Å². The highest BCUT2D eigenvalue weighted by molar-refractivity contribution is 5.31. The molecule has 2 bridgehead atoms. The SMILES string of the molecule is CC12CC(N)(C1)C(c1cc(F)c(F)c(F)c1)O2. The van der Waals surface area contributed by atoms with Crippen molar-refractivity contribution in [2.45, 2.75) is 37.0 Å². The molecule has 2 nitrogen and oxygen atoms in total. The van der Waals surface area contributed by atoms with Crippen LogP contribution in [0.15, 0.2) is 12.1 Å². The molecule has 17 heavy (non-hydrogen) atoms. The van der Waals surface area contributed by atoms with E-state index in [2.05, 4.69) is 0 Å². The molecule has 2 aliphatic heterocycles. The maximum atomic E-state index is 13.1.